The van der Waals surface area contributed by atoms with Crippen LogP contribution in [0.2, 0.25) is 5.02 Å². The van der Waals surface area contributed by atoms with Crippen LogP contribution in [0, 0.1) is 11.6 Å². The Morgan fingerprint density at radius 3 is 2.35 bits per heavy atom. The van der Waals surface area contributed by atoms with E-state index in [-0.39, 0.29) is 30.9 Å². The van der Waals surface area contributed by atoms with Crippen molar-refractivity contribution in [3.8, 4) is 0 Å². The van der Waals surface area contributed by atoms with Crippen LogP contribution in [0.4, 0.5) is 38.1 Å². The Hall–Kier alpha value is -3.16. The fraction of sp³-hybridized carbons (Fsp3) is 0.462. The zero-order valence-corrected chi connectivity index (χ0v) is 22.1. The lowest BCUT2D eigenvalue weighted by molar-refractivity contribution is -0.138. The summed E-state index contributed by atoms with van der Waals surface area (Å²) in [5.74, 6) is -3.60. The van der Waals surface area contributed by atoms with Crippen LogP contribution in [0.1, 0.15) is 35.2 Å². The Kier molecular flexibility index (Phi) is 9.06. The zero-order chi connectivity index (χ0) is 29.1. The van der Waals surface area contributed by atoms with Crippen LogP contribution in [0.25, 0.3) is 0 Å². The maximum atomic E-state index is 14.9. The number of aliphatic hydroxyl groups excluding tert-OH is 1. The summed E-state index contributed by atoms with van der Waals surface area (Å²) >= 11 is 6.15. The number of nitrogens with one attached hydrogen (secondary N) is 3. The standard InChI is InChI=1S/C26H29ClF5N5O3/c27-17-2-4-19(20(13-17)37-11-9-36(10-12-37)8-7-26(30,31)32)34-23(39)18-3-1-16(21(28)22(18)29)14-33-24(40)35-25(15-38)5-6-25/h1-4,13,38H,5-12,14-15H2,(H,34,39)(H2,33,35,40). The van der Waals surface area contributed by atoms with Gasteiger partial charge in [-0.05, 0) is 37.1 Å². The van der Waals surface area contributed by atoms with Gasteiger partial charge in [-0.15, -0.1) is 0 Å². The number of hydrogen-bond donors (Lipinski definition) is 4. The lowest BCUT2D eigenvalue weighted by atomic mass is 10.1. The maximum absolute atomic E-state index is 14.9. The highest BCUT2D eigenvalue weighted by Crippen LogP contribution is 2.34. The molecular weight excluding hydrogens is 561 g/mol. The van der Waals surface area contributed by atoms with Gasteiger partial charge in [0.1, 0.15) is 0 Å². The minimum absolute atomic E-state index is 0.110. The number of carbonyl (C=O) groups is 2. The molecule has 1 saturated carbocycles. The van der Waals surface area contributed by atoms with E-state index in [2.05, 4.69) is 16.0 Å². The summed E-state index contributed by atoms with van der Waals surface area (Å²) in [6.07, 6.45) is -3.89. The number of amides is 3. The van der Waals surface area contributed by atoms with Gasteiger partial charge < -0.3 is 26.0 Å². The average Bonchev–Trinajstić information content (AvgIpc) is 3.69. The van der Waals surface area contributed by atoms with Crippen molar-refractivity contribution in [2.24, 2.45) is 0 Å². The summed E-state index contributed by atoms with van der Waals surface area (Å²) < 4.78 is 67.3. The number of urea groups is 1. The van der Waals surface area contributed by atoms with Gasteiger partial charge in [-0.1, -0.05) is 17.7 Å². The molecule has 1 aliphatic heterocycles. The fourth-order valence-electron chi connectivity index (χ4n) is 4.39. The maximum Gasteiger partial charge on any atom is 0.390 e. The molecule has 0 aromatic heterocycles. The van der Waals surface area contributed by atoms with Crippen LogP contribution in [0.15, 0.2) is 30.3 Å². The van der Waals surface area contributed by atoms with Gasteiger partial charge in [0.25, 0.3) is 5.91 Å². The molecule has 1 saturated heterocycles. The molecule has 0 unspecified atom stereocenters. The second-order valence-electron chi connectivity index (χ2n) is 9.96. The Morgan fingerprint density at radius 2 is 1.73 bits per heavy atom. The SMILES string of the molecule is O=C(NCc1ccc(C(=O)Nc2ccc(Cl)cc2N2CCN(CCC(F)(F)F)CC2)c(F)c1F)NC1(CO)CC1. The molecule has 2 aliphatic rings. The predicted molar refractivity (Wildman–Crippen MR) is 140 cm³/mol. The van der Waals surface area contributed by atoms with E-state index in [1.54, 1.807) is 11.0 Å². The number of alkyl halides is 3. The Balaban J connectivity index is 1.40. The minimum atomic E-state index is -4.24. The second-order valence-corrected chi connectivity index (χ2v) is 10.4. The highest BCUT2D eigenvalue weighted by molar-refractivity contribution is 6.31. The van der Waals surface area contributed by atoms with E-state index in [9.17, 15) is 36.6 Å². The highest BCUT2D eigenvalue weighted by Gasteiger charge is 2.43. The molecule has 0 radical (unpaired) electrons. The first-order valence-corrected chi connectivity index (χ1v) is 13.1. The Bertz CT molecular complexity index is 1250. The molecule has 1 heterocycles. The van der Waals surface area contributed by atoms with E-state index in [0.29, 0.717) is 49.7 Å². The van der Waals surface area contributed by atoms with Crippen LogP contribution in [0.5, 0.6) is 0 Å². The molecule has 2 aromatic rings. The average molecular weight is 590 g/mol. The molecule has 3 amide bonds. The van der Waals surface area contributed by atoms with Crippen molar-refractivity contribution in [3.05, 3.63) is 58.1 Å². The highest BCUT2D eigenvalue weighted by atomic mass is 35.5. The van der Waals surface area contributed by atoms with Gasteiger partial charge in [0, 0.05) is 49.9 Å². The molecule has 2 aromatic carbocycles. The molecule has 40 heavy (non-hydrogen) atoms. The summed E-state index contributed by atoms with van der Waals surface area (Å²) in [6.45, 7) is 0.808. The van der Waals surface area contributed by atoms with E-state index in [4.69, 9.17) is 11.6 Å². The lowest BCUT2D eigenvalue weighted by Gasteiger charge is -2.37. The summed E-state index contributed by atoms with van der Waals surface area (Å²) in [6, 6.07) is 6.27. The molecule has 0 bridgehead atoms. The summed E-state index contributed by atoms with van der Waals surface area (Å²) in [5, 5.41) is 17.2. The Labute approximate surface area is 232 Å². The smallest absolute Gasteiger partial charge is 0.390 e. The zero-order valence-electron chi connectivity index (χ0n) is 21.4. The number of rotatable bonds is 9. The van der Waals surface area contributed by atoms with E-state index in [0.717, 1.165) is 6.07 Å². The summed E-state index contributed by atoms with van der Waals surface area (Å²) in [5.41, 5.74) is -0.621. The third-order valence-corrected chi connectivity index (χ3v) is 7.25. The van der Waals surface area contributed by atoms with Crippen molar-refractivity contribution in [1.29, 1.82) is 0 Å². The first-order valence-electron chi connectivity index (χ1n) is 12.7. The molecule has 0 spiro atoms. The van der Waals surface area contributed by atoms with Crippen molar-refractivity contribution in [1.82, 2.24) is 15.5 Å². The van der Waals surface area contributed by atoms with Gasteiger partial charge in [0.05, 0.1) is 35.5 Å². The third kappa shape index (κ3) is 7.52. The largest absolute Gasteiger partial charge is 0.394 e. The number of aliphatic hydroxyl groups is 1. The van der Waals surface area contributed by atoms with Gasteiger partial charge >= 0.3 is 12.2 Å². The van der Waals surface area contributed by atoms with Gasteiger partial charge in [0.15, 0.2) is 11.6 Å². The first kappa shape index (κ1) is 29.8. The molecular formula is C26H29ClF5N5O3. The normalized spacial score (nSPS) is 16.9. The summed E-state index contributed by atoms with van der Waals surface area (Å²) in [7, 11) is 0. The number of halogens is 6. The number of carbonyl (C=O) groups excluding carboxylic acids is 2. The molecule has 2 fully saturated rings. The minimum Gasteiger partial charge on any atom is -0.394 e. The van der Waals surface area contributed by atoms with Crippen molar-refractivity contribution in [3.63, 3.8) is 0 Å². The van der Waals surface area contributed by atoms with Crippen LogP contribution in [-0.2, 0) is 6.54 Å². The molecule has 1 aliphatic carbocycles. The monoisotopic (exact) mass is 589 g/mol. The van der Waals surface area contributed by atoms with Crippen molar-refractivity contribution in [2.75, 3.05) is 49.5 Å². The van der Waals surface area contributed by atoms with Crippen LogP contribution < -0.4 is 20.9 Å². The van der Waals surface area contributed by atoms with E-state index in [1.165, 1.54) is 18.2 Å². The number of piperazine rings is 1. The van der Waals surface area contributed by atoms with Crippen LogP contribution in [-0.4, -0.2) is 73.0 Å². The molecule has 0 atom stereocenters. The first-order chi connectivity index (χ1) is 18.9. The van der Waals surface area contributed by atoms with E-state index < -0.39 is 47.3 Å². The number of hydrogen-bond acceptors (Lipinski definition) is 5. The molecule has 14 heteroatoms. The molecule has 4 rings (SSSR count). The summed E-state index contributed by atoms with van der Waals surface area (Å²) in [4.78, 5) is 28.5. The van der Waals surface area contributed by atoms with Crippen LogP contribution in [0.3, 0.4) is 0 Å². The number of benzene rings is 2. The van der Waals surface area contributed by atoms with Gasteiger partial charge in [-0.3, -0.25) is 9.69 Å². The lowest BCUT2D eigenvalue weighted by Crippen LogP contribution is -2.47. The molecule has 8 nitrogen and oxygen atoms in total. The van der Waals surface area contributed by atoms with Crippen LogP contribution >= 0.6 is 11.6 Å². The number of anilines is 2. The van der Waals surface area contributed by atoms with E-state index >= 15 is 0 Å². The van der Waals surface area contributed by atoms with Gasteiger partial charge in [-0.25, -0.2) is 13.6 Å². The Morgan fingerprint density at radius 1 is 1.02 bits per heavy atom. The third-order valence-electron chi connectivity index (χ3n) is 7.01. The topological polar surface area (TPSA) is 96.9 Å². The molecule has 218 valence electrons. The predicted octanol–water partition coefficient (Wildman–Crippen LogP) is 4.27. The fourth-order valence-corrected chi connectivity index (χ4v) is 4.56. The second kappa shape index (κ2) is 12.1. The van der Waals surface area contributed by atoms with E-state index in [1.807, 2.05) is 4.90 Å². The van der Waals surface area contributed by atoms with Gasteiger partial charge in [0.2, 0.25) is 0 Å². The van der Waals surface area contributed by atoms with Crippen molar-refractivity contribution in [2.45, 2.75) is 37.5 Å². The quantitative estimate of drug-likeness (QED) is 0.328. The molecule has 4 N–H and O–H groups in total. The number of nitrogens with zero attached hydrogens (tertiary/aromatic N) is 2. The van der Waals surface area contributed by atoms with Crippen molar-refractivity contribution < 1.29 is 36.6 Å². The van der Waals surface area contributed by atoms with Gasteiger partial charge in [-0.2, -0.15) is 13.2 Å². The van der Waals surface area contributed by atoms with Crippen molar-refractivity contribution >= 4 is 34.9 Å².